The smallest absolute Gasteiger partial charge is 0.255 e. The number of aromatic amines is 1. The molecule has 0 aliphatic heterocycles. The van der Waals surface area contributed by atoms with Gasteiger partial charge in [0.05, 0.1) is 25.6 Å². The number of carbonyl (C=O) groups is 1. The Morgan fingerprint density at radius 2 is 1.79 bits per heavy atom. The molecule has 0 atom stereocenters. The number of ether oxygens (including phenoxy) is 2. The number of H-pyrrole nitrogens is 1. The van der Waals surface area contributed by atoms with Gasteiger partial charge in [-0.1, -0.05) is 6.07 Å². The van der Waals surface area contributed by atoms with Crippen LogP contribution in [0.5, 0.6) is 11.5 Å². The molecule has 5 rings (SSSR count). The molecular formula is C25H24N4O4. The van der Waals surface area contributed by atoms with Crippen LogP contribution >= 0.6 is 0 Å². The van der Waals surface area contributed by atoms with Gasteiger partial charge in [0.25, 0.3) is 5.91 Å². The summed E-state index contributed by atoms with van der Waals surface area (Å²) in [5, 5.41) is 21.4. The van der Waals surface area contributed by atoms with Crippen molar-refractivity contribution in [3.63, 3.8) is 0 Å². The second-order valence-corrected chi connectivity index (χ2v) is 8.28. The van der Waals surface area contributed by atoms with Crippen molar-refractivity contribution in [3.8, 4) is 22.8 Å². The van der Waals surface area contributed by atoms with Crippen LogP contribution in [-0.4, -0.2) is 40.4 Å². The van der Waals surface area contributed by atoms with E-state index in [1.165, 1.54) is 0 Å². The zero-order chi connectivity index (χ0) is 23.2. The maximum Gasteiger partial charge on any atom is 0.255 e. The number of hydrogen-bond donors (Lipinski definition) is 3. The Balaban J connectivity index is 1.44. The standard InChI is InChI=1S/C25H24N4O4/c1-14-4-5-16(26-24(30)15-10-17(32-2)13-18(11-15)33-3)12-20(14)21-7-6-19-22(25(31)8-9-25)28-29-23(19)27-21/h4-7,10-13,31H,8-9H2,1-3H3,(H,26,30)(H,27,28,29). The molecule has 2 aromatic heterocycles. The Hall–Kier alpha value is -3.91. The predicted octanol–water partition coefficient (Wildman–Crippen LogP) is 4.18. The van der Waals surface area contributed by atoms with Crippen molar-refractivity contribution in [3.05, 3.63) is 65.4 Å². The molecule has 4 aromatic rings. The summed E-state index contributed by atoms with van der Waals surface area (Å²) < 4.78 is 10.5. The third kappa shape index (κ3) is 3.89. The number of anilines is 1. The van der Waals surface area contributed by atoms with Crippen LogP contribution in [0, 0.1) is 6.92 Å². The molecule has 2 aromatic carbocycles. The van der Waals surface area contributed by atoms with Crippen LogP contribution < -0.4 is 14.8 Å². The molecule has 8 nitrogen and oxygen atoms in total. The normalized spacial score (nSPS) is 14.2. The fourth-order valence-corrected chi connectivity index (χ4v) is 3.89. The Morgan fingerprint density at radius 3 is 2.45 bits per heavy atom. The van der Waals surface area contributed by atoms with Crippen molar-refractivity contribution in [1.82, 2.24) is 15.2 Å². The largest absolute Gasteiger partial charge is 0.497 e. The van der Waals surface area contributed by atoms with E-state index in [2.05, 4.69) is 15.5 Å². The number of rotatable bonds is 6. The van der Waals surface area contributed by atoms with Gasteiger partial charge in [-0.25, -0.2) is 4.98 Å². The van der Waals surface area contributed by atoms with Crippen molar-refractivity contribution in [2.75, 3.05) is 19.5 Å². The van der Waals surface area contributed by atoms with Gasteiger partial charge in [-0.3, -0.25) is 9.89 Å². The first-order valence-corrected chi connectivity index (χ1v) is 10.6. The predicted molar refractivity (Wildman–Crippen MR) is 125 cm³/mol. The number of aromatic nitrogens is 3. The number of benzene rings is 2. The van der Waals surface area contributed by atoms with Gasteiger partial charge in [0.15, 0.2) is 5.65 Å². The summed E-state index contributed by atoms with van der Waals surface area (Å²) in [6.45, 7) is 1.99. The van der Waals surface area contributed by atoms with Crippen molar-refractivity contribution in [1.29, 1.82) is 0 Å². The highest BCUT2D eigenvalue weighted by Gasteiger charge is 2.45. The van der Waals surface area contributed by atoms with Crippen molar-refractivity contribution in [2.45, 2.75) is 25.4 Å². The number of aryl methyl sites for hydroxylation is 1. The highest BCUT2D eigenvalue weighted by Crippen LogP contribution is 2.46. The number of carbonyl (C=O) groups excluding carboxylic acids is 1. The zero-order valence-corrected chi connectivity index (χ0v) is 18.6. The van der Waals surface area contributed by atoms with E-state index in [9.17, 15) is 9.90 Å². The summed E-state index contributed by atoms with van der Waals surface area (Å²) in [5.74, 6) is 0.798. The molecule has 0 bridgehead atoms. The van der Waals surface area contributed by atoms with E-state index in [1.54, 1.807) is 32.4 Å². The molecule has 0 radical (unpaired) electrons. The number of nitrogens with zero attached hydrogens (tertiary/aromatic N) is 2. The van der Waals surface area contributed by atoms with Gasteiger partial charge >= 0.3 is 0 Å². The number of nitrogens with one attached hydrogen (secondary N) is 2. The maximum absolute atomic E-state index is 12.9. The quantitative estimate of drug-likeness (QED) is 0.412. The van der Waals surface area contributed by atoms with Crippen LogP contribution in [0.15, 0.2) is 48.5 Å². The van der Waals surface area contributed by atoms with Crippen LogP contribution in [0.2, 0.25) is 0 Å². The summed E-state index contributed by atoms with van der Waals surface area (Å²) in [4.78, 5) is 17.6. The van der Waals surface area contributed by atoms with E-state index in [-0.39, 0.29) is 5.91 Å². The monoisotopic (exact) mass is 444 g/mol. The van der Waals surface area contributed by atoms with Crippen LogP contribution in [0.1, 0.15) is 34.5 Å². The fraction of sp³-hybridized carbons (Fsp3) is 0.240. The van der Waals surface area contributed by atoms with E-state index in [0.717, 1.165) is 40.7 Å². The van der Waals surface area contributed by atoms with E-state index in [4.69, 9.17) is 14.5 Å². The molecule has 1 aliphatic carbocycles. The SMILES string of the molecule is COc1cc(OC)cc(C(=O)Nc2ccc(C)c(-c3ccc4c(C5(O)CC5)[nH]nc4n3)c2)c1. The number of fused-ring (bicyclic) bond motifs is 1. The number of pyridine rings is 1. The molecule has 1 aliphatic rings. The highest BCUT2D eigenvalue weighted by atomic mass is 16.5. The number of hydrogen-bond acceptors (Lipinski definition) is 6. The highest BCUT2D eigenvalue weighted by molar-refractivity contribution is 6.05. The molecule has 1 saturated carbocycles. The molecule has 2 heterocycles. The van der Waals surface area contributed by atoms with Gasteiger partial charge in [-0.15, -0.1) is 0 Å². The zero-order valence-electron chi connectivity index (χ0n) is 18.6. The Kier molecular flexibility index (Phi) is 5.02. The number of amides is 1. The maximum atomic E-state index is 12.9. The minimum atomic E-state index is -0.805. The Labute approximate surface area is 190 Å². The third-order valence-electron chi connectivity index (χ3n) is 5.99. The molecule has 3 N–H and O–H groups in total. The van der Waals surface area contributed by atoms with Gasteiger partial charge in [-0.05, 0) is 61.7 Å². The molecular weight excluding hydrogens is 420 g/mol. The lowest BCUT2D eigenvalue weighted by Crippen LogP contribution is -2.12. The van der Waals surface area contributed by atoms with E-state index in [0.29, 0.717) is 28.4 Å². The molecule has 33 heavy (non-hydrogen) atoms. The Morgan fingerprint density at radius 1 is 1.06 bits per heavy atom. The fourth-order valence-electron chi connectivity index (χ4n) is 3.89. The molecule has 8 heteroatoms. The van der Waals surface area contributed by atoms with E-state index in [1.807, 2.05) is 37.3 Å². The van der Waals surface area contributed by atoms with Crippen molar-refractivity contribution >= 4 is 22.6 Å². The van der Waals surface area contributed by atoms with Crippen molar-refractivity contribution < 1.29 is 19.4 Å². The third-order valence-corrected chi connectivity index (χ3v) is 5.99. The second-order valence-electron chi connectivity index (χ2n) is 8.28. The van der Waals surface area contributed by atoms with Crippen LogP contribution in [0.4, 0.5) is 5.69 Å². The molecule has 1 amide bonds. The lowest BCUT2D eigenvalue weighted by Gasteiger charge is -2.12. The van der Waals surface area contributed by atoms with Crippen LogP contribution in [-0.2, 0) is 5.60 Å². The van der Waals surface area contributed by atoms with E-state index < -0.39 is 5.60 Å². The van der Waals surface area contributed by atoms with Crippen molar-refractivity contribution in [2.24, 2.45) is 0 Å². The minimum absolute atomic E-state index is 0.278. The summed E-state index contributed by atoms with van der Waals surface area (Å²) in [7, 11) is 3.08. The molecule has 0 saturated heterocycles. The summed E-state index contributed by atoms with van der Waals surface area (Å²) in [6.07, 6.45) is 1.46. The van der Waals surface area contributed by atoms with Gasteiger partial charge in [0.2, 0.25) is 0 Å². The first-order chi connectivity index (χ1) is 15.9. The van der Waals surface area contributed by atoms with Crippen LogP contribution in [0.25, 0.3) is 22.3 Å². The molecule has 0 spiro atoms. The molecule has 1 fully saturated rings. The average molecular weight is 444 g/mol. The molecule has 168 valence electrons. The lowest BCUT2D eigenvalue weighted by molar-refractivity contribution is 0.102. The van der Waals surface area contributed by atoms with Gasteiger partial charge < -0.3 is 19.9 Å². The van der Waals surface area contributed by atoms with Gasteiger partial charge in [0.1, 0.15) is 17.1 Å². The number of methoxy groups -OCH3 is 2. The van der Waals surface area contributed by atoms with Crippen LogP contribution in [0.3, 0.4) is 0 Å². The first-order valence-electron chi connectivity index (χ1n) is 10.6. The summed E-state index contributed by atoms with van der Waals surface area (Å²) in [5.41, 5.74) is 4.17. The lowest BCUT2D eigenvalue weighted by atomic mass is 10.0. The second kappa shape index (κ2) is 7.90. The average Bonchev–Trinajstić information content (AvgIpc) is 3.43. The summed E-state index contributed by atoms with van der Waals surface area (Å²) >= 11 is 0. The van der Waals surface area contributed by atoms with Gasteiger partial charge in [-0.2, -0.15) is 5.10 Å². The molecule has 0 unspecified atom stereocenters. The van der Waals surface area contributed by atoms with E-state index >= 15 is 0 Å². The Bertz CT molecular complexity index is 1350. The topological polar surface area (TPSA) is 109 Å². The number of aliphatic hydroxyl groups is 1. The minimum Gasteiger partial charge on any atom is -0.497 e. The van der Waals surface area contributed by atoms with Gasteiger partial charge in [0, 0.05) is 28.3 Å². The first kappa shape index (κ1) is 21.0. The summed E-state index contributed by atoms with van der Waals surface area (Å²) in [6, 6.07) is 14.5.